The first-order chi connectivity index (χ1) is 10.1. The Morgan fingerprint density at radius 1 is 1.14 bits per heavy atom. The number of halogens is 3. The van der Waals surface area contributed by atoms with E-state index in [1.54, 1.807) is 0 Å². The average molecular weight is 356 g/mol. The fourth-order valence-corrected chi connectivity index (χ4v) is 1.99. The molecule has 21 heavy (non-hydrogen) atoms. The molecule has 1 amide bonds. The van der Waals surface area contributed by atoms with E-state index in [9.17, 15) is 13.6 Å². The highest BCUT2D eigenvalue weighted by atomic mass is 79.9. The van der Waals surface area contributed by atoms with Crippen LogP contribution in [0, 0.1) is 11.6 Å². The van der Waals surface area contributed by atoms with E-state index in [-0.39, 0.29) is 24.5 Å². The Labute approximate surface area is 129 Å². The van der Waals surface area contributed by atoms with Crippen molar-refractivity contribution in [2.45, 2.75) is 0 Å². The molecule has 0 bridgehead atoms. The summed E-state index contributed by atoms with van der Waals surface area (Å²) in [6.45, 7) is 0.412. The van der Waals surface area contributed by atoms with Gasteiger partial charge in [0, 0.05) is 4.47 Å². The molecule has 2 rings (SSSR count). The van der Waals surface area contributed by atoms with Crippen LogP contribution in [-0.2, 0) is 0 Å². The molecule has 110 valence electrons. The van der Waals surface area contributed by atoms with Crippen LogP contribution in [0.3, 0.4) is 0 Å². The number of carbonyl (C=O) groups is 1. The van der Waals surface area contributed by atoms with Gasteiger partial charge in [0.05, 0.1) is 12.1 Å². The molecule has 0 spiro atoms. The summed E-state index contributed by atoms with van der Waals surface area (Å²) in [5.41, 5.74) is -0.0360. The van der Waals surface area contributed by atoms with Gasteiger partial charge in [-0.1, -0.05) is 15.9 Å². The number of rotatable bonds is 5. The molecular weight excluding hydrogens is 344 g/mol. The number of amides is 1. The molecule has 0 aliphatic carbocycles. The summed E-state index contributed by atoms with van der Waals surface area (Å²) in [6, 6.07) is 9.69. The Bertz CT molecular complexity index is 632. The van der Waals surface area contributed by atoms with Gasteiger partial charge in [-0.15, -0.1) is 0 Å². The van der Waals surface area contributed by atoms with Crippen molar-refractivity contribution in [2.24, 2.45) is 0 Å². The van der Waals surface area contributed by atoms with E-state index in [4.69, 9.17) is 4.74 Å². The summed E-state index contributed by atoms with van der Waals surface area (Å²) >= 11 is 3.18. The Balaban J connectivity index is 1.81. The van der Waals surface area contributed by atoms with Gasteiger partial charge in [0.25, 0.3) is 5.91 Å². The minimum absolute atomic E-state index is 0.0360. The van der Waals surface area contributed by atoms with Crippen LogP contribution in [0.5, 0.6) is 5.75 Å². The topological polar surface area (TPSA) is 38.3 Å². The third kappa shape index (κ3) is 4.53. The third-order valence-electron chi connectivity index (χ3n) is 2.64. The van der Waals surface area contributed by atoms with Crippen molar-refractivity contribution in [3.05, 3.63) is 64.1 Å². The summed E-state index contributed by atoms with van der Waals surface area (Å²) in [4.78, 5) is 11.8. The first-order valence-electron chi connectivity index (χ1n) is 6.18. The van der Waals surface area contributed by atoms with Crippen LogP contribution in [0.4, 0.5) is 8.78 Å². The van der Waals surface area contributed by atoms with E-state index in [0.717, 1.165) is 0 Å². The SMILES string of the molecule is O=C(NCCOc1ccc(F)cc1)c1cc(Br)ccc1F. The number of ether oxygens (including phenoxy) is 1. The standard InChI is InChI=1S/C15H12BrF2NO2/c16-10-1-6-14(18)13(9-10)15(20)19-7-8-21-12-4-2-11(17)3-5-12/h1-6,9H,7-8H2,(H,19,20). The molecule has 0 aliphatic heterocycles. The van der Waals surface area contributed by atoms with Crippen molar-refractivity contribution in [1.29, 1.82) is 0 Å². The highest BCUT2D eigenvalue weighted by molar-refractivity contribution is 9.10. The molecule has 1 N–H and O–H groups in total. The molecule has 0 fully saturated rings. The summed E-state index contributed by atoms with van der Waals surface area (Å²) < 4.78 is 32.1. The van der Waals surface area contributed by atoms with Crippen LogP contribution >= 0.6 is 15.9 Å². The molecule has 6 heteroatoms. The molecule has 0 heterocycles. The minimum atomic E-state index is -0.588. The maximum atomic E-state index is 13.5. The van der Waals surface area contributed by atoms with Gasteiger partial charge in [-0.2, -0.15) is 0 Å². The van der Waals surface area contributed by atoms with Crippen molar-refractivity contribution in [1.82, 2.24) is 5.32 Å². The van der Waals surface area contributed by atoms with Gasteiger partial charge in [-0.25, -0.2) is 8.78 Å². The number of carbonyl (C=O) groups excluding carboxylic acids is 1. The Hall–Kier alpha value is -1.95. The van der Waals surface area contributed by atoms with Gasteiger partial charge < -0.3 is 10.1 Å². The molecule has 3 nitrogen and oxygen atoms in total. The van der Waals surface area contributed by atoms with Crippen molar-refractivity contribution in [2.75, 3.05) is 13.2 Å². The van der Waals surface area contributed by atoms with Gasteiger partial charge in [0.1, 0.15) is 24.0 Å². The van der Waals surface area contributed by atoms with E-state index in [0.29, 0.717) is 10.2 Å². The number of hydrogen-bond donors (Lipinski definition) is 1. The van der Waals surface area contributed by atoms with Gasteiger partial charge in [0.15, 0.2) is 0 Å². The van der Waals surface area contributed by atoms with Gasteiger partial charge >= 0.3 is 0 Å². The lowest BCUT2D eigenvalue weighted by Crippen LogP contribution is -2.28. The fraction of sp³-hybridized carbons (Fsp3) is 0.133. The zero-order valence-electron chi connectivity index (χ0n) is 10.9. The molecule has 0 aromatic heterocycles. The van der Waals surface area contributed by atoms with Crippen molar-refractivity contribution < 1.29 is 18.3 Å². The van der Waals surface area contributed by atoms with E-state index < -0.39 is 11.7 Å². The summed E-state index contributed by atoms with van der Waals surface area (Å²) in [5.74, 6) is -0.952. The largest absolute Gasteiger partial charge is 0.492 e. The van der Waals surface area contributed by atoms with E-state index in [2.05, 4.69) is 21.2 Å². The number of benzene rings is 2. The van der Waals surface area contributed by atoms with Gasteiger partial charge in [-0.05, 0) is 42.5 Å². The number of hydrogen-bond acceptors (Lipinski definition) is 2. The lowest BCUT2D eigenvalue weighted by atomic mass is 10.2. The summed E-state index contributed by atoms with van der Waals surface area (Å²) in [7, 11) is 0. The van der Waals surface area contributed by atoms with E-state index in [1.165, 1.54) is 42.5 Å². The normalized spacial score (nSPS) is 10.2. The molecule has 0 radical (unpaired) electrons. The summed E-state index contributed by atoms with van der Waals surface area (Å²) in [5, 5.41) is 2.55. The van der Waals surface area contributed by atoms with Crippen LogP contribution < -0.4 is 10.1 Å². The highest BCUT2D eigenvalue weighted by Gasteiger charge is 2.11. The molecule has 2 aromatic carbocycles. The minimum Gasteiger partial charge on any atom is -0.492 e. The second kappa shape index (κ2) is 7.17. The van der Waals surface area contributed by atoms with E-state index >= 15 is 0 Å². The average Bonchev–Trinajstić information content (AvgIpc) is 2.47. The van der Waals surface area contributed by atoms with Crippen LogP contribution in [0.15, 0.2) is 46.9 Å². The molecule has 0 saturated heterocycles. The zero-order chi connectivity index (χ0) is 15.2. The maximum absolute atomic E-state index is 13.5. The zero-order valence-corrected chi connectivity index (χ0v) is 12.5. The lowest BCUT2D eigenvalue weighted by Gasteiger charge is -2.08. The summed E-state index contributed by atoms with van der Waals surface area (Å²) in [6.07, 6.45) is 0. The van der Waals surface area contributed by atoms with Crippen LogP contribution in [0.1, 0.15) is 10.4 Å². The van der Waals surface area contributed by atoms with Gasteiger partial charge in [0.2, 0.25) is 0 Å². The predicted octanol–water partition coefficient (Wildman–Crippen LogP) is 3.54. The Morgan fingerprint density at radius 3 is 2.57 bits per heavy atom. The second-order valence-electron chi connectivity index (χ2n) is 4.18. The maximum Gasteiger partial charge on any atom is 0.254 e. The fourth-order valence-electron chi connectivity index (χ4n) is 1.63. The molecule has 0 atom stereocenters. The molecular formula is C15H12BrF2NO2. The Morgan fingerprint density at radius 2 is 1.86 bits per heavy atom. The smallest absolute Gasteiger partial charge is 0.254 e. The molecule has 2 aromatic rings. The van der Waals surface area contributed by atoms with Crippen LogP contribution in [0.25, 0.3) is 0 Å². The van der Waals surface area contributed by atoms with Crippen molar-refractivity contribution in [3.8, 4) is 5.75 Å². The van der Waals surface area contributed by atoms with Gasteiger partial charge in [-0.3, -0.25) is 4.79 Å². The highest BCUT2D eigenvalue weighted by Crippen LogP contribution is 2.15. The van der Waals surface area contributed by atoms with Crippen molar-refractivity contribution in [3.63, 3.8) is 0 Å². The van der Waals surface area contributed by atoms with Crippen LogP contribution in [-0.4, -0.2) is 19.1 Å². The first-order valence-corrected chi connectivity index (χ1v) is 6.97. The second-order valence-corrected chi connectivity index (χ2v) is 5.10. The molecule has 0 saturated carbocycles. The monoisotopic (exact) mass is 355 g/mol. The van der Waals surface area contributed by atoms with Crippen LogP contribution in [0.2, 0.25) is 0 Å². The number of nitrogens with one attached hydrogen (secondary N) is 1. The third-order valence-corrected chi connectivity index (χ3v) is 3.14. The Kier molecular flexibility index (Phi) is 5.27. The van der Waals surface area contributed by atoms with E-state index in [1.807, 2.05) is 0 Å². The lowest BCUT2D eigenvalue weighted by molar-refractivity contribution is 0.0943. The predicted molar refractivity (Wildman–Crippen MR) is 78.3 cm³/mol. The quantitative estimate of drug-likeness (QED) is 0.833. The molecule has 0 aliphatic rings. The first kappa shape index (κ1) is 15.4. The molecule has 0 unspecified atom stereocenters. The van der Waals surface area contributed by atoms with Crippen molar-refractivity contribution >= 4 is 21.8 Å².